The summed E-state index contributed by atoms with van der Waals surface area (Å²) in [4.78, 5) is 27.1. The number of nitrogens with one attached hydrogen (secondary N) is 2. The number of hydrogen-bond acceptors (Lipinski definition) is 7. The van der Waals surface area contributed by atoms with Crippen molar-refractivity contribution in [3.63, 3.8) is 0 Å². The molecule has 2 aliphatic rings. The van der Waals surface area contributed by atoms with Crippen molar-refractivity contribution in [1.82, 2.24) is 15.0 Å². The number of ether oxygens (including phenoxy) is 1. The Kier molecular flexibility index (Phi) is 5.59. The van der Waals surface area contributed by atoms with Crippen LogP contribution in [0.3, 0.4) is 0 Å². The van der Waals surface area contributed by atoms with E-state index in [1.54, 1.807) is 0 Å². The third kappa shape index (κ3) is 4.28. The van der Waals surface area contributed by atoms with Crippen LogP contribution in [-0.2, 0) is 11.0 Å². The fourth-order valence-corrected chi connectivity index (χ4v) is 4.03. The minimum absolute atomic E-state index is 0.0660. The molecule has 1 atom stereocenters. The number of likely N-dealkylation sites (N-methyl/N-ethyl adjacent to an activating group) is 1. The van der Waals surface area contributed by atoms with E-state index in [9.17, 15) is 18.0 Å². The Morgan fingerprint density at radius 1 is 1.25 bits per heavy atom. The Balaban J connectivity index is 1.37. The molecule has 172 valence electrons. The Morgan fingerprint density at radius 2 is 1.97 bits per heavy atom. The zero-order valence-corrected chi connectivity index (χ0v) is 18.2. The molecule has 2 aromatic rings. The SMILES string of the molecule is Cc1nc(NC2CC(Oc3ccc(C(F)(F)F)cn3)C2)nc2c1NC(=O)[C@H](C(C)C)N2C. The Labute approximate surface area is 183 Å². The lowest BCUT2D eigenvalue weighted by atomic mass is 9.89. The number of aromatic nitrogens is 3. The van der Waals surface area contributed by atoms with Crippen LogP contribution in [0, 0.1) is 12.8 Å². The van der Waals surface area contributed by atoms with Gasteiger partial charge in [-0.3, -0.25) is 4.79 Å². The maximum atomic E-state index is 12.6. The zero-order valence-electron chi connectivity index (χ0n) is 18.2. The maximum Gasteiger partial charge on any atom is 0.417 e. The van der Waals surface area contributed by atoms with Crippen LogP contribution in [-0.4, -0.2) is 46.1 Å². The summed E-state index contributed by atoms with van der Waals surface area (Å²) in [5, 5.41) is 6.19. The number of rotatable bonds is 5. The van der Waals surface area contributed by atoms with Crippen molar-refractivity contribution < 1.29 is 22.7 Å². The molecule has 0 bridgehead atoms. The van der Waals surface area contributed by atoms with E-state index in [1.807, 2.05) is 32.7 Å². The standard InChI is InChI=1S/C21H25F3N6O2/c1-10(2)17-19(31)28-16-11(3)26-20(29-18(16)30(17)4)27-13-7-14(8-13)32-15-6-5-12(9-25-15)21(22,23)24/h5-6,9-10,13-14,17H,7-8H2,1-4H3,(H,28,31)(H,26,27,29)/t13?,14?,17-/m0/s1. The van der Waals surface area contributed by atoms with Crippen LogP contribution in [0.25, 0.3) is 0 Å². The Bertz CT molecular complexity index is 1010. The van der Waals surface area contributed by atoms with E-state index in [4.69, 9.17) is 4.74 Å². The largest absolute Gasteiger partial charge is 0.474 e. The van der Waals surface area contributed by atoms with Crippen LogP contribution in [0.15, 0.2) is 18.3 Å². The molecule has 1 fully saturated rings. The monoisotopic (exact) mass is 450 g/mol. The number of halogens is 3. The third-order valence-electron chi connectivity index (χ3n) is 5.75. The molecule has 1 amide bonds. The van der Waals surface area contributed by atoms with Crippen LogP contribution in [0.4, 0.5) is 30.6 Å². The van der Waals surface area contributed by atoms with Gasteiger partial charge in [0, 0.05) is 38.2 Å². The predicted octanol–water partition coefficient (Wildman–Crippen LogP) is 3.63. The van der Waals surface area contributed by atoms with Crippen molar-refractivity contribution in [3.05, 3.63) is 29.6 Å². The molecule has 0 aromatic carbocycles. The van der Waals surface area contributed by atoms with Crippen molar-refractivity contribution in [3.8, 4) is 5.88 Å². The van der Waals surface area contributed by atoms with E-state index in [0.717, 1.165) is 12.3 Å². The summed E-state index contributed by atoms with van der Waals surface area (Å²) in [6, 6.07) is 1.94. The molecule has 0 saturated heterocycles. The molecule has 0 spiro atoms. The number of hydrogen-bond donors (Lipinski definition) is 2. The highest BCUT2D eigenvalue weighted by Crippen LogP contribution is 2.35. The molecule has 3 heterocycles. The minimum atomic E-state index is -4.42. The van der Waals surface area contributed by atoms with Gasteiger partial charge in [-0.25, -0.2) is 9.97 Å². The van der Waals surface area contributed by atoms with Crippen LogP contribution >= 0.6 is 0 Å². The molecule has 1 saturated carbocycles. The maximum absolute atomic E-state index is 12.6. The first kappa shape index (κ1) is 22.1. The topological polar surface area (TPSA) is 92.3 Å². The van der Waals surface area contributed by atoms with E-state index in [1.165, 1.54) is 6.07 Å². The van der Waals surface area contributed by atoms with Gasteiger partial charge in [0.25, 0.3) is 0 Å². The van der Waals surface area contributed by atoms with Crippen LogP contribution in [0.1, 0.15) is 37.9 Å². The number of fused-ring (bicyclic) bond motifs is 1. The molecule has 2 aromatic heterocycles. The third-order valence-corrected chi connectivity index (χ3v) is 5.75. The van der Waals surface area contributed by atoms with Crippen molar-refractivity contribution in [2.75, 3.05) is 22.6 Å². The first-order chi connectivity index (χ1) is 15.0. The second-order valence-corrected chi connectivity index (χ2v) is 8.56. The first-order valence-corrected chi connectivity index (χ1v) is 10.4. The number of pyridine rings is 1. The fourth-order valence-electron chi connectivity index (χ4n) is 4.03. The van der Waals surface area contributed by atoms with Gasteiger partial charge in [-0.1, -0.05) is 13.8 Å². The average molecular weight is 450 g/mol. The summed E-state index contributed by atoms with van der Waals surface area (Å²) in [5.41, 5.74) is 0.475. The summed E-state index contributed by atoms with van der Waals surface area (Å²) in [5.74, 6) is 1.34. The normalized spacial score (nSPS) is 22.8. The molecule has 1 aliphatic carbocycles. The summed E-state index contributed by atoms with van der Waals surface area (Å²) < 4.78 is 43.5. The summed E-state index contributed by atoms with van der Waals surface area (Å²) in [7, 11) is 1.85. The lowest BCUT2D eigenvalue weighted by Gasteiger charge is -2.38. The second-order valence-electron chi connectivity index (χ2n) is 8.56. The van der Waals surface area contributed by atoms with Crippen LogP contribution in [0.5, 0.6) is 5.88 Å². The van der Waals surface area contributed by atoms with Gasteiger partial charge < -0.3 is 20.3 Å². The summed E-state index contributed by atoms with van der Waals surface area (Å²) >= 11 is 0. The van der Waals surface area contributed by atoms with E-state index in [2.05, 4.69) is 25.6 Å². The highest BCUT2D eigenvalue weighted by Gasteiger charge is 2.37. The molecule has 0 unspecified atom stereocenters. The molecular formula is C21H25F3N6O2. The van der Waals surface area contributed by atoms with Crippen LogP contribution in [0.2, 0.25) is 0 Å². The molecular weight excluding hydrogens is 425 g/mol. The molecule has 32 heavy (non-hydrogen) atoms. The molecule has 0 radical (unpaired) electrons. The molecule has 2 N–H and O–H groups in total. The molecule has 8 nitrogen and oxygen atoms in total. The smallest absolute Gasteiger partial charge is 0.417 e. The number of aryl methyl sites for hydroxylation is 1. The van der Waals surface area contributed by atoms with E-state index in [-0.39, 0.29) is 35.9 Å². The Hall–Kier alpha value is -3.11. The van der Waals surface area contributed by atoms with Gasteiger partial charge in [-0.15, -0.1) is 0 Å². The number of carbonyl (C=O) groups excluding carboxylic acids is 1. The Morgan fingerprint density at radius 3 is 2.56 bits per heavy atom. The number of amides is 1. The van der Waals surface area contributed by atoms with E-state index >= 15 is 0 Å². The summed E-state index contributed by atoms with van der Waals surface area (Å²) in [6.45, 7) is 5.79. The number of nitrogens with zero attached hydrogens (tertiary/aromatic N) is 4. The molecule has 11 heteroatoms. The number of anilines is 3. The average Bonchev–Trinajstić information content (AvgIpc) is 2.67. The predicted molar refractivity (Wildman–Crippen MR) is 113 cm³/mol. The lowest BCUT2D eigenvalue weighted by molar-refractivity contribution is -0.137. The van der Waals surface area contributed by atoms with Gasteiger partial charge in [0.15, 0.2) is 5.82 Å². The fraction of sp³-hybridized carbons (Fsp3) is 0.524. The zero-order chi connectivity index (χ0) is 23.2. The van der Waals surface area contributed by atoms with Gasteiger partial charge in [0.05, 0.1) is 11.3 Å². The van der Waals surface area contributed by atoms with Gasteiger partial charge in [-0.2, -0.15) is 18.2 Å². The highest BCUT2D eigenvalue weighted by atomic mass is 19.4. The number of alkyl halides is 3. The summed E-state index contributed by atoms with van der Waals surface area (Å²) in [6.07, 6.45) is -2.52. The van der Waals surface area contributed by atoms with Crippen molar-refractivity contribution in [2.45, 2.75) is 58.0 Å². The van der Waals surface area contributed by atoms with Crippen molar-refractivity contribution in [1.29, 1.82) is 0 Å². The van der Waals surface area contributed by atoms with Crippen LogP contribution < -0.4 is 20.3 Å². The highest BCUT2D eigenvalue weighted by molar-refractivity contribution is 6.03. The lowest BCUT2D eigenvalue weighted by Crippen LogP contribution is -2.50. The van der Waals surface area contributed by atoms with E-state index < -0.39 is 11.7 Å². The molecule has 1 aliphatic heterocycles. The second kappa shape index (κ2) is 8.10. The van der Waals surface area contributed by atoms with Crippen molar-refractivity contribution in [2.24, 2.45) is 5.92 Å². The minimum Gasteiger partial charge on any atom is -0.474 e. The van der Waals surface area contributed by atoms with E-state index in [0.29, 0.717) is 36.0 Å². The van der Waals surface area contributed by atoms with Gasteiger partial charge in [0.2, 0.25) is 17.7 Å². The van der Waals surface area contributed by atoms with Gasteiger partial charge in [0.1, 0.15) is 17.8 Å². The quantitative estimate of drug-likeness (QED) is 0.719. The van der Waals surface area contributed by atoms with Crippen molar-refractivity contribution >= 4 is 23.4 Å². The molecule has 4 rings (SSSR count). The van der Waals surface area contributed by atoms with Gasteiger partial charge >= 0.3 is 6.18 Å². The number of carbonyl (C=O) groups is 1. The first-order valence-electron chi connectivity index (χ1n) is 10.4. The van der Waals surface area contributed by atoms with Gasteiger partial charge in [-0.05, 0) is 18.9 Å².